The van der Waals surface area contributed by atoms with Crippen molar-refractivity contribution in [2.24, 2.45) is 0 Å². The summed E-state index contributed by atoms with van der Waals surface area (Å²) in [6.07, 6.45) is 1.89. The zero-order valence-electron chi connectivity index (χ0n) is 7.05. The molecule has 13 heavy (non-hydrogen) atoms. The first-order chi connectivity index (χ1) is 6.27. The fourth-order valence-corrected chi connectivity index (χ4v) is 2.56. The van der Waals surface area contributed by atoms with Crippen LogP contribution in [0.3, 0.4) is 0 Å². The van der Waals surface area contributed by atoms with E-state index in [0.717, 1.165) is 28.8 Å². The molecule has 0 radical (unpaired) electrons. The molecule has 0 atom stereocenters. The average molecular weight is 257 g/mol. The molecule has 0 unspecified atom stereocenters. The van der Waals surface area contributed by atoms with Crippen LogP contribution >= 0.6 is 27.3 Å². The zero-order valence-corrected chi connectivity index (χ0v) is 9.45. The SMILES string of the molecule is C=C1CC/C(=C(/Br)c2ccsc2)O1. The maximum Gasteiger partial charge on any atom is 0.119 e. The Labute approximate surface area is 89.9 Å². The molecule has 0 bridgehead atoms. The van der Waals surface area contributed by atoms with E-state index in [4.69, 9.17) is 4.74 Å². The Morgan fingerprint density at radius 2 is 2.38 bits per heavy atom. The van der Waals surface area contributed by atoms with Crippen molar-refractivity contribution in [1.29, 1.82) is 0 Å². The molecule has 2 heterocycles. The van der Waals surface area contributed by atoms with Crippen molar-refractivity contribution in [2.75, 3.05) is 0 Å². The molecule has 3 heteroatoms. The van der Waals surface area contributed by atoms with Crippen LogP contribution in [-0.2, 0) is 4.74 Å². The van der Waals surface area contributed by atoms with Gasteiger partial charge >= 0.3 is 0 Å². The van der Waals surface area contributed by atoms with Crippen LogP contribution in [-0.4, -0.2) is 0 Å². The predicted molar refractivity (Wildman–Crippen MR) is 59.6 cm³/mol. The maximum absolute atomic E-state index is 5.49. The van der Waals surface area contributed by atoms with E-state index < -0.39 is 0 Å². The first kappa shape index (κ1) is 9.03. The Morgan fingerprint density at radius 1 is 1.54 bits per heavy atom. The predicted octanol–water partition coefficient (Wildman–Crippen LogP) is 4.14. The summed E-state index contributed by atoms with van der Waals surface area (Å²) < 4.78 is 6.55. The highest BCUT2D eigenvalue weighted by molar-refractivity contribution is 9.15. The van der Waals surface area contributed by atoms with Crippen molar-refractivity contribution in [2.45, 2.75) is 12.8 Å². The van der Waals surface area contributed by atoms with Crippen LogP contribution in [0.15, 0.2) is 34.9 Å². The smallest absolute Gasteiger partial charge is 0.119 e. The van der Waals surface area contributed by atoms with E-state index in [0.29, 0.717) is 0 Å². The minimum atomic E-state index is 0.863. The first-order valence-corrected chi connectivity index (χ1v) is 5.78. The van der Waals surface area contributed by atoms with Gasteiger partial charge in [0.15, 0.2) is 0 Å². The van der Waals surface area contributed by atoms with E-state index in [1.165, 1.54) is 5.56 Å². The minimum absolute atomic E-state index is 0.863. The van der Waals surface area contributed by atoms with Gasteiger partial charge in [0, 0.05) is 18.4 Å². The molecule has 0 aromatic carbocycles. The second-order valence-corrected chi connectivity index (χ2v) is 4.46. The van der Waals surface area contributed by atoms with Crippen molar-refractivity contribution in [1.82, 2.24) is 0 Å². The molecule has 2 rings (SSSR count). The molecule has 0 spiro atoms. The number of hydrogen-bond donors (Lipinski definition) is 0. The molecule has 1 aromatic heterocycles. The number of ether oxygens (including phenoxy) is 1. The van der Waals surface area contributed by atoms with Gasteiger partial charge in [-0.1, -0.05) is 6.58 Å². The molecule has 0 aliphatic carbocycles. The van der Waals surface area contributed by atoms with Crippen LogP contribution < -0.4 is 0 Å². The van der Waals surface area contributed by atoms with Crippen LogP contribution in [0.1, 0.15) is 18.4 Å². The summed E-state index contributed by atoms with van der Waals surface area (Å²) in [4.78, 5) is 0. The van der Waals surface area contributed by atoms with E-state index in [1.807, 2.05) is 0 Å². The van der Waals surface area contributed by atoms with Gasteiger partial charge < -0.3 is 4.74 Å². The summed E-state index contributed by atoms with van der Waals surface area (Å²) in [5, 5.41) is 4.16. The lowest BCUT2D eigenvalue weighted by Crippen LogP contribution is -1.81. The summed E-state index contributed by atoms with van der Waals surface area (Å²) in [5.74, 6) is 1.87. The quantitative estimate of drug-likeness (QED) is 0.734. The van der Waals surface area contributed by atoms with Gasteiger partial charge in [0.1, 0.15) is 5.76 Å². The van der Waals surface area contributed by atoms with E-state index >= 15 is 0 Å². The lowest BCUT2D eigenvalue weighted by Gasteiger charge is -2.01. The Kier molecular flexibility index (Phi) is 2.56. The van der Waals surface area contributed by atoms with Crippen LogP contribution in [0.25, 0.3) is 4.48 Å². The molecule has 1 aliphatic rings. The summed E-state index contributed by atoms with van der Waals surface area (Å²) in [5.41, 5.74) is 1.19. The van der Waals surface area contributed by atoms with Crippen molar-refractivity contribution < 1.29 is 4.74 Å². The molecular weight excluding hydrogens is 248 g/mol. The van der Waals surface area contributed by atoms with Crippen LogP contribution in [0.4, 0.5) is 0 Å². The summed E-state index contributed by atoms with van der Waals surface area (Å²) in [6, 6.07) is 2.08. The highest BCUT2D eigenvalue weighted by Gasteiger charge is 2.16. The molecular formula is C10H9BrOS. The number of halogens is 1. The zero-order chi connectivity index (χ0) is 9.26. The molecule has 1 fully saturated rings. The third-order valence-electron chi connectivity index (χ3n) is 1.92. The summed E-state index contributed by atoms with van der Waals surface area (Å²) >= 11 is 5.22. The van der Waals surface area contributed by atoms with Crippen molar-refractivity contribution >= 4 is 31.7 Å². The fourth-order valence-electron chi connectivity index (χ4n) is 1.23. The van der Waals surface area contributed by atoms with Crippen LogP contribution in [0.2, 0.25) is 0 Å². The topological polar surface area (TPSA) is 9.23 Å². The Balaban J connectivity index is 2.29. The number of allylic oxidation sites excluding steroid dienone is 2. The molecule has 1 saturated heterocycles. The summed E-state index contributed by atoms with van der Waals surface area (Å²) in [7, 11) is 0. The average Bonchev–Trinajstić information content (AvgIpc) is 2.72. The van der Waals surface area contributed by atoms with E-state index in [-0.39, 0.29) is 0 Å². The Morgan fingerprint density at radius 3 is 2.92 bits per heavy atom. The van der Waals surface area contributed by atoms with Crippen molar-refractivity contribution in [3.63, 3.8) is 0 Å². The van der Waals surface area contributed by atoms with Gasteiger partial charge in [0.2, 0.25) is 0 Å². The van der Waals surface area contributed by atoms with Gasteiger partial charge in [-0.15, -0.1) is 0 Å². The lowest BCUT2D eigenvalue weighted by molar-refractivity contribution is 0.345. The van der Waals surface area contributed by atoms with E-state index in [2.05, 4.69) is 39.3 Å². The minimum Gasteiger partial charge on any atom is -0.465 e. The molecule has 1 nitrogen and oxygen atoms in total. The van der Waals surface area contributed by atoms with Gasteiger partial charge in [-0.2, -0.15) is 11.3 Å². The van der Waals surface area contributed by atoms with Gasteiger partial charge in [-0.3, -0.25) is 0 Å². The molecule has 1 aromatic rings. The normalized spacial score (nSPS) is 20.2. The number of thiophene rings is 1. The van der Waals surface area contributed by atoms with Gasteiger partial charge in [0.25, 0.3) is 0 Å². The number of rotatable bonds is 1. The second-order valence-electron chi connectivity index (χ2n) is 2.89. The Hall–Kier alpha value is -0.540. The standard InChI is InChI=1S/C10H9BrOS/c1-7-2-3-9(12-7)10(11)8-4-5-13-6-8/h4-6H,1-3H2/b10-9-. The Bertz CT molecular complexity index is 351. The molecule has 68 valence electrons. The van der Waals surface area contributed by atoms with Crippen LogP contribution in [0.5, 0.6) is 0 Å². The first-order valence-electron chi connectivity index (χ1n) is 4.04. The highest BCUT2D eigenvalue weighted by Crippen LogP contribution is 2.35. The second kappa shape index (κ2) is 3.68. The third-order valence-corrected chi connectivity index (χ3v) is 3.50. The highest BCUT2D eigenvalue weighted by atomic mass is 79.9. The van der Waals surface area contributed by atoms with E-state index in [9.17, 15) is 0 Å². The number of hydrogen-bond acceptors (Lipinski definition) is 2. The lowest BCUT2D eigenvalue weighted by atomic mass is 10.2. The molecule has 0 N–H and O–H groups in total. The fraction of sp³-hybridized carbons (Fsp3) is 0.200. The van der Waals surface area contributed by atoms with Crippen LogP contribution in [0, 0.1) is 0 Å². The van der Waals surface area contributed by atoms with Gasteiger partial charge in [0.05, 0.1) is 10.2 Å². The summed E-state index contributed by atoms with van der Waals surface area (Å²) in [6.45, 7) is 3.79. The molecule has 1 aliphatic heterocycles. The van der Waals surface area contributed by atoms with Crippen molar-refractivity contribution in [3.8, 4) is 0 Å². The molecule has 0 saturated carbocycles. The third kappa shape index (κ3) is 1.86. The largest absolute Gasteiger partial charge is 0.465 e. The monoisotopic (exact) mass is 256 g/mol. The van der Waals surface area contributed by atoms with E-state index in [1.54, 1.807) is 11.3 Å². The molecule has 0 amide bonds. The van der Waals surface area contributed by atoms with Gasteiger partial charge in [-0.05, 0) is 32.8 Å². The maximum atomic E-state index is 5.49. The van der Waals surface area contributed by atoms with Crippen molar-refractivity contribution in [3.05, 3.63) is 40.5 Å². The van der Waals surface area contributed by atoms with Gasteiger partial charge in [-0.25, -0.2) is 0 Å².